The summed E-state index contributed by atoms with van der Waals surface area (Å²) in [5.41, 5.74) is 4.89. The predicted molar refractivity (Wildman–Crippen MR) is 111 cm³/mol. The van der Waals surface area contributed by atoms with Crippen LogP contribution in [0.25, 0.3) is 22.5 Å². The van der Waals surface area contributed by atoms with Gasteiger partial charge in [-0.1, -0.05) is 60.7 Å². The second-order valence-corrected chi connectivity index (χ2v) is 7.66. The maximum absolute atomic E-state index is 5.50. The number of aromatic nitrogens is 3. The Morgan fingerprint density at radius 2 is 1.73 bits per heavy atom. The third-order valence-corrected chi connectivity index (χ3v) is 5.73. The first-order valence-corrected chi connectivity index (χ1v) is 9.86. The minimum Gasteiger partial charge on any atom is -0.300 e. The van der Waals surface area contributed by atoms with E-state index in [0.29, 0.717) is 4.77 Å². The summed E-state index contributed by atoms with van der Waals surface area (Å²) in [7, 11) is 0. The van der Waals surface area contributed by atoms with Gasteiger partial charge in [0.05, 0.1) is 0 Å². The minimum absolute atomic E-state index is 0.666. The number of nitrogens with zero attached hydrogens (tertiary/aromatic N) is 2. The quantitative estimate of drug-likeness (QED) is 0.440. The van der Waals surface area contributed by atoms with Gasteiger partial charge in [0, 0.05) is 27.9 Å². The fourth-order valence-corrected chi connectivity index (χ4v) is 4.29. The zero-order valence-corrected chi connectivity index (χ0v) is 16.1. The van der Waals surface area contributed by atoms with E-state index in [4.69, 9.17) is 12.2 Å². The monoisotopic (exact) mass is 377 g/mol. The Hall–Kier alpha value is -2.50. The molecule has 3 nitrogen and oxygen atoms in total. The lowest BCUT2D eigenvalue weighted by Crippen LogP contribution is -2.04. The van der Waals surface area contributed by atoms with Gasteiger partial charge in [0.2, 0.25) is 0 Å². The first-order valence-electron chi connectivity index (χ1n) is 8.57. The van der Waals surface area contributed by atoms with Gasteiger partial charge in [-0.25, -0.2) is 0 Å². The largest absolute Gasteiger partial charge is 0.300 e. The topological polar surface area (TPSA) is 33.6 Å². The van der Waals surface area contributed by atoms with E-state index in [9.17, 15) is 0 Å². The number of rotatable bonds is 5. The number of hydrogen-bond donors (Lipinski definition) is 1. The average molecular weight is 378 g/mol. The number of benzene rings is 2. The standard InChI is InChI=1S/C21H19N3S2/c1-15-19(17-10-6-3-7-11-17)18(14-26-15)20-22-23-21(25)24(20)13-12-16-8-4-2-5-9-16/h2-11,14H,12-13H2,1H3,(H,23,25). The van der Waals surface area contributed by atoms with E-state index in [-0.39, 0.29) is 0 Å². The predicted octanol–water partition coefficient (Wildman–Crippen LogP) is 5.89. The molecule has 0 atom stereocenters. The van der Waals surface area contributed by atoms with Gasteiger partial charge in [0.25, 0.3) is 0 Å². The van der Waals surface area contributed by atoms with Crippen molar-refractivity contribution in [3.8, 4) is 22.5 Å². The minimum atomic E-state index is 0.666. The molecule has 0 saturated carbocycles. The molecule has 0 aliphatic heterocycles. The highest BCUT2D eigenvalue weighted by atomic mass is 32.1. The highest BCUT2D eigenvalue weighted by Crippen LogP contribution is 2.38. The summed E-state index contributed by atoms with van der Waals surface area (Å²) in [6, 6.07) is 21.0. The Morgan fingerprint density at radius 3 is 2.46 bits per heavy atom. The van der Waals surface area contributed by atoms with Crippen LogP contribution in [0.5, 0.6) is 0 Å². The van der Waals surface area contributed by atoms with Crippen molar-refractivity contribution in [2.45, 2.75) is 19.9 Å². The number of aryl methyl sites for hydroxylation is 2. The van der Waals surface area contributed by atoms with Crippen LogP contribution in [0.3, 0.4) is 0 Å². The number of nitrogens with one attached hydrogen (secondary N) is 1. The fourth-order valence-electron chi connectivity index (χ4n) is 3.20. The van der Waals surface area contributed by atoms with Gasteiger partial charge in [-0.15, -0.1) is 11.3 Å². The lowest BCUT2D eigenvalue weighted by molar-refractivity contribution is 0.692. The van der Waals surface area contributed by atoms with Crippen LogP contribution in [0, 0.1) is 11.7 Å². The summed E-state index contributed by atoms with van der Waals surface area (Å²) >= 11 is 7.26. The summed E-state index contributed by atoms with van der Waals surface area (Å²) in [6.07, 6.45) is 0.922. The Bertz CT molecular complexity index is 1060. The lowest BCUT2D eigenvalue weighted by atomic mass is 10.0. The van der Waals surface area contributed by atoms with E-state index < -0.39 is 0 Å². The Balaban J connectivity index is 1.73. The molecule has 0 saturated heterocycles. The second-order valence-electron chi connectivity index (χ2n) is 6.19. The van der Waals surface area contributed by atoms with Gasteiger partial charge in [-0.3, -0.25) is 9.67 Å². The Morgan fingerprint density at radius 1 is 1.04 bits per heavy atom. The molecule has 0 unspecified atom stereocenters. The van der Waals surface area contributed by atoms with Gasteiger partial charge in [0.15, 0.2) is 10.6 Å². The summed E-state index contributed by atoms with van der Waals surface area (Å²) in [4.78, 5) is 1.29. The molecule has 26 heavy (non-hydrogen) atoms. The Labute approximate surface area is 162 Å². The average Bonchev–Trinajstić information content (AvgIpc) is 3.24. The van der Waals surface area contributed by atoms with Crippen LogP contribution in [0.2, 0.25) is 0 Å². The van der Waals surface area contributed by atoms with E-state index in [1.54, 1.807) is 11.3 Å². The summed E-state index contributed by atoms with van der Waals surface area (Å²) in [5.74, 6) is 0.911. The third kappa shape index (κ3) is 3.28. The van der Waals surface area contributed by atoms with Crippen LogP contribution >= 0.6 is 23.6 Å². The van der Waals surface area contributed by atoms with Crippen LogP contribution in [0.4, 0.5) is 0 Å². The summed E-state index contributed by atoms with van der Waals surface area (Å²) in [5, 5.41) is 9.71. The molecule has 2 heterocycles. The maximum Gasteiger partial charge on any atom is 0.195 e. The fraction of sp³-hybridized carbons (Fsp3) is 0.143. The molecule has 4 rings (SSSR count). The van der Waals surface area contributed by atoms with Crippen LogP contribution in [-0.4, -0.2) is 14.8 Å². The Kier molecular flexibility index (Phi) is 4.82. The van der Waals surface area contributed by atoms with E-state index in [1.807, 2.05) is 12.1 Å². The van der Waals surface area contributed by atoms with Gasteiger partial charge in [-0.2, -0.15) is 5.10 Å². The van der Waals surface area contributed by atoms with Gasteiger partial charge in [0.1, 0.15) is 0 Å². The molecular formula is C21H19N3S2. The van der Waals surface area contributed by atoms with E-state index in [0.717, 1.165) is 24.4 Å². The SMILES string of the molecule is Cc1scc(-c2n[nH]c(=S)n2CCc2ccccc2)c1-c1ccccc1. The second kappa shape index (κ2) is 7.40. The first kappa shape index (κ1) is 16.9. The molecule has 2 aromatic carbocycles. The molecule has 0 spiro atoms. The number of thiophene rings is 1. The molecule has 0 aliphatic rings. The molecule has 0 aliphatic carbocycles. The van der Waals surface area contributed by atoms with Crippen molar-refractivity contribution < 1.29 is 0 Å². The molecule has 0 amide bonds. The molecule has 2 aromatic heterocycles. The van der Waals surface area contributed by atoms with Crippen molar-refractivity contribution in [2.75, 3.05) is 0 Å². The first-order chi connectivity index (χ1) is 12.7. The number of hydrogen-bond acceptors (Lipinski definition) is 3. The molecule has 130 valence electrons. The summed E-state index contributed by atoms with van der Waals surface area (Å²) < 4.78 is 2.77. The zero-order chi connectivity index (χ0) is 17.9. The molecule has 0 bridgehead atoms. The van der Waals surface area contributed by atoms with Crippen LogP contribution in [0.1, 0.15) is 10.4 Å². The highest BCUT2D eigenvalue weighted by molar-refractivity contribution is 7.71. The zero-order valence-electron chi connectivity index (χ0n) is 14.5. The number of aromatic amines is 1. The van der Waals surface area contributed by atoms with Crippen molar-refractivity contribution in [1.29, 1.82) is 0 Å². The van der Waals surface area contributed by atoms with Gasteiger partial charge in [-0.05, 0) is 36.7 Å². The van der Waals surface area contributed by atoms with Gasteiger partial charge < -0.3 is 0 Å². The molecule has 5 heteroatoms. The molecule has 1 N–H and O–H groups in total. The molecule has 0 radical (unpaired) electrons. The molecule has 4 aromatic rings. The maximum atomic E-state index is 5.50. The lowest BCUT2D eigenvalue weighted by Gasteiger charge is -2.09. The van der Waals surface area contributed by atoms with Crippen LogP contribution in [-0.2, 0) is 13.0 Å². The van der Waals surface area contributed by atoms with Crippen molar-refractivity contribution in [3.63, 3.8) is 0 Å². The van der Waals surface area contributed by atoms with E-state index in [2.05, 4.69) is 75.6 Å². The summed E-state index contributed by atoms with van der Waals surface area (Å²) in [6.45, 7) is 2.96. The molecular weight excluding hydrogens is 358 g/mol. The normalized spacial score (nSPS) is 11.0. The smallest absolute Gasteiger partial charge is 0.195 e. The van der Waals surface area contributed by atoms with Crippen LogP contribution in [0.15, 0.2) is 66.0 Å². The van der Waals surface area contributed by atoms with Gasteiger partial charge >= 0.3 is 0 Å². The van der Waals surface area contributed by atoms with Crippen molar-refractivity contribution in [3.05, 3.63) is 81.3 Å². The van der Waals surface area contributed by atoms with E-state index >= 15 is 0 Å². The van der Waals surface area contributed by atoms with E-state index in [1.165, 1.54) is 21.6 Å². The number of H-pyrrole nitrogens is 1. The van der Waals surface area contributed by atoms with Crippen molar-refractivity contribution in [2.24, 2.45) is 0 Å². The van der Waals surface area contributed by atoms with Crippen molar-refractivity contribution >= 4 is 23.6 Å². The third-order valence-electron chi connectivity index (χ3n) is 4.50. The van der Waals surface area contributed by atoms with Crippen molar-refractivity contribution in [1.82, 2.24) is 14.8 Å². The van der Waals surface area contributed by atoms with Crippen LogP contribution < -0.4 is 0 Å². The molecule has 0 fully saturated rings. The highest BCUT2D eigenvalue weighted by Gasteiger charge is 2.17.